The summed E-state index contributed by atoms with van der Waals surface area (Å²) >= 11 is 0. The molecule has 4 aliphatic rings. The van der Waals surface area contributed by atoms with E-state index < -0.39 is 0 Å². The van der Waals surface area contributed by atoms with Crippen molar-refractivity contribution in [1.82, 2.24) is 4.98 Å². The molecular weight excluding hydrogens is 689 g/mol. The van der Waals surface area contributed by atoms with Crippen molar-refractivity contribution in [3.05, 3.63) is 118 Å². The summed E-state index contributed by atoms with van der Waals surface area (Å²) in [6, 6.07) is 31.5. The van der Waals surface area contributed by atoms with E-state index >= 15 is 0 Å². The predicted molar refractivity (Wildman–Crippen MR) is 246 cm³/mol. The van der Waals surface area contributed by atoms with Crippen molar-refractivity contribution in [2.75, 3.05) is 9.80 Å². The average molecular weight is 754 g/mol. The first-order valence-corrected chi connectivity index (χ1v) is 21.7. The molecule has 0 radical (unpaired) electrons. The minimum absolute atomic E-state index is 0.00136. The molecule has 4 aromatic carbocycles. The third-order valence-electron chi connectivity index (χ3n) is 14.8. The largest absolute Gasteiger partial charge is 0.311 e. The molecule has 0 amide bonds. The Morgan fingerprint density at radius 3 is 1.58 bits per heavy atom. The van der Waals surface area contributed by atoms with Crippen LogP contribution < -0.4 is 26.2 Å². The van der Waals surface area contributed by atoms with Crippen LogP contribution in [0.25, 0.3) is 0 Å². The van der Waals surface area contributed by atoms with E-state index in [0.717, 1.165) is 5.82 Å². The highest BCUT2D eigenvalue weighted by atomic mass is 15.2. The van der Waals surface area contributed by atoms with Crippen LogP contribution in [0.4, 0.5) is 34.3 Å². The standard InChI is InChI=1S/C53H64BN3/c1-48(2,3)33-15-18-35(19-16-33)56-43-22-17-34(49(4,5)6)29-41(43)54-42-31-39-40(53(13,14)27-26-52(39,11)12)32-45(42)57(47-46(54)44(56)23-28-55-47)36-20-21-37-38(30-36)51(9,10)25-24-50(37,7)8/h15-23,28-32H,24-27H2,1-14H3. The number of hydrogen-bond acceptors (Lipinski definition) is 3. The third-order valence-corrected chi connectivity index (χ3v) is 14.8. The van der Waals surface area contributed by atoms with Crippen LogP contribution in [0.15, 0.2) is 85.1 Å². The molecule has 294 valence electrons. The summed E-state index contributed by atoms with van der Waals surface area (Å²) in [4.78, 5) is 10.5. The highest BCUT2D eigenvalue weighted by molar-refractivity contribution is 7.00. The molecule has 2 aliphatic carbocycles. The summed E-state index contributed by atoms with van der Waals surface area (Å²) in [6.07, 6.45) is 6.80. The van der Waals surface area contributed by atoms with Gasteiger partial charge in [0.1, 0.15) is 5.82 Å². The molecule has 0 N–H and O–H groups in total. The molecule has 2 aliphatic heterocycles. The number of pyridine rings is 1. The zero-order valence-corrected chi connectivity index (χ0v) is 37.3. The molecular formula is C53H64BN3. The molecule has 0 saturated carbocycles. The van der Waals surface area contributed by atoms with E-state index in [1.54, 1.807) is 0 Å². The van der Waals surface area contributed by atoms with Crippen molar-refractivity contribution in [2.45, 2.75) is 155 Å². The van der Waals surface area contributed by atoms with E-state index in [0.29, 0.717) is 0 Å². The summed E-state index contributed by atoms with van der Waals surface area (Å²) < 4.78 is 0. The fourth-order valence-electron chi connectivity index (χ4n) is 10.7. The summed E-state index contributed by atoms with van der Waals surface area (Å²) in [5.41, 5.74) is 19.3. The second-order valence-electron chi connectivity index (χ2n) is 22.7. The van der Waals surface area contributed by atoms with Crippen molar-refractivity contribution in [1.29, 1.82) is 0 Å². The lowest BCUT2D eigenvalue weighted by molar-refractivity contribution is 0.332. The van der Waals surface area contributed by atoms with Crippen molar-refractivity contribution < 1.29 is 0 Å². The Morgan fingerprint density at radius 2 is 0.982 bits per heavy atom. The van der Waals surface area contributed by atoms with Gasteiger partial charge in [-0.1, -0.05) is 133 Å². The van der Waals surface area contributed by atoms with Crippen LogP contribution in [0.2, 0.25) is 0 Å². The van der Waals surface area contributed by atoms with Crippen molar-refractivity contribution in [3.63, 3.8) is 0 Å². The molecule has 57 heavy (non-hydrogen) atoms. The lowest BCUT2D eigenvalue weighted by Crippen LogP contribution is -2.62. The second kappa shape index (κ2) is 12.1. The Morgan fingerprint density at radius 1 is 0.474 bits per heavy atom. The van der Waals surface area contributed by atoms with Gasteiger partial charge in [0.05, 0.1) is 0 Å². The van der Waals surface area contributed by atoms with E-state index in [4.69, 9.17) is 4.98 Å². The number of hydrogen-bond donors (Lipinski definition) is 0. The number of anilines is 6. The average Bonchev–Trinajstić information content (AvgIpc) is 3.14. The summed E-state index contributed by atoms with van der Waals surface area (Å²) in [5, 5.41) is 0. The van der Waals surface area contributed by atoms with Crippen LogP contribution in [0.5, 0.6) is 0 Å². The molecule has 4 heteroatoms. The van der Waals surface area contributed by atoms with Gasteiger partial charge >= 0.3 is 0 Å². The van der Waals surface area contributed by atoms with Crippen molar-refractivity contribution in [2.24, 2.45) is 0 Å². The van der Waals surface area contributed by atoms with Gasteiger partial charge in [0.25, 0.3) is 6.71 Å². The smallest absolute Gasteiger partial charge is 0.254 e. The number of rotatable bonds is 2. The van der Waals surface area contributed by atoms with Gasteiger partial charge < -0.3 is 4.90 Å². The van der Waals surface area contributed by atoms with Gasteiger partial charge in [0.15, 0.2) is 0 Å². The molecule has 0 unspecified atom stereocenters. The monoisotopic (exact) mass is 754 g/mol. The molecule has 3 nitrogen and oxygen atoms in total. The Balaban J connectivity index is 1.38. The summed E-state index contributed by atoms with van der Waals surface area (Å²) in [6.45, 7) is 33.6. The Hall–Kier alpha value is -4.31. The van der Waals surface area contributed by atoms with Crippen molar-refractivity contribution in [3.8, 4) is 0 Å². The number of fused-ring (bicyclic) bond motifs is 6. The Kier molecular flexibility index (Phi) is 8.13. The van der Waals surface area contributed by atoms with Crippen LogP contribution in [0.1, 0.15) is 156 Å². The minimum atomic E-state index is 0.00136. The van der Waals surface area contributed by atoms with E-state index in [2.05, 4.69) is 192 Å². The minimum Gasteiger partial charge on any atom is -0.311 e. The molecule has 3 heterocycles. The molecule has 0 fully saturated rings. The SMILES string of the molecule is CC(C)(C)c1ccc(N2c3ccc(C(C)(C)C)cc3B3c4cc5c(cc4N(c4ccc6c(c4)C(C)(C)CCC6(C)C)c4nccc2c43)C(C)(C)CCC5(C)C)cc1. The quantitative estimate of drug-likeness (QED) is 0.164. The molecule has 0 atom stereocenters. The number of nitrogens with zero attached hydrogens (tertiary/aromatic N) is 3. The van der Waals surface area contributed by atoms with Crippen molar-refractivity contribution >= 4 is 57.4 Å². The first-order chi connectivity index (χ1) is 26.5. The van der Waals surface area contributed by atoms with Gasteiger partial charge in [-0.15, -0.1) is 0 Å². The maximum absolute atomic E-state index is 5.44. The maximum atomic E-state index is 5.44. The van der Waals surface area contributed by atoms with Crippen LogP contribution in [-0.2, 0) is 32.5 Å². The van der Waals surface area contributed by atoms with E-state index in [-0.39, 0.29) is 39.2 Å². The highest BCUT2D eigenvalue weighted by Crippen LogP contribution is 2.52. The van der Waals surface area contributed by atoms with Gasteiger partial charge in [0, 0.05) is 34.6 Å². The van der Waals surface area contributed by atoms with E-state index in [9.17, 15) is 0 Å². The Labute approximate surface area is 344 Å². The van der Waals surface area contributed by atoms with Gasteiger partial charge in [-0.05, 0) is 150 Å². The fraction of sp³-hybridized carbons (Fsp3) is 0.453. The van der Waals surface area contributed by atoms with Gasteiger partial charge in [-0.3, -0.25) is 4.90 Å². The van der Waals surface area contributed by atoms with Gasteiger partial charge in [-0.2, -0.15) is 0 Å². The Bertz CT molecular complexity index is 2450. The zero-order chi connectivity index (χ0) is 40.8. The lowest BCUT2D eigenvalue weighted by atomic mass is 9.33. The third kappa shape index (κ3) is 5.85. The number of benzene rings is 4. The topological polar surface area (TPSA) is 19.4 Å². The molecule has 1 aromatic heterocycles. The maximum Gasteiger partial charge on any atom is 0.254 e. The fourth-order valence-corrected chi connectivity index (χ4v) is 10.7. The normalized spacial score (nSPS) is 19.6. The summed E-state index contributed by atoms with van der Waals surface area (Å²) in [7, 11) is 0. The number of aromatic nitrogens is 1. The molecule has 0 saturated heterocycles. The summed E-state index contributed by atoms with van der Waals surface area (Å²) in [5.74, 6) is 1.05. The molecule has 0 bridgehead atoms. The second-order valence-corrected chi connectivity index (χ2v) is 22.7. The predicted octanol–water partition coefficient (Wildman–Crippen LogP) is 12.5. The zero-order valence-electron chi connectivity index (χ0n) is 37.3. The molecule has 9 rings (SSSR count). The van der Waals surface area contributed by atoms with Gasteiger partial charge in [0.2, 0.25) is 0 Å². The van der Waals surface area contributed by atoms with Crippen LogP contribution in [0, 0.1) is 0 Å². The molecule has 0 spiro atoms. The van der Waals surface area contributed by atoms with Crippen LogP contribution >= 0.6 is 0 Å². The van der Waals surface area contributed by atoms with Crippen LogP contribution in [0.3, 0.4) is 0 Å². The lowest BCUT2D eigenvalue weighted by Gasteiger charge is -2.47. The first-order valence-electron chi connectivity index (χ1n) is 21.7. The van der Waals surface area contributed by atoms with Gasteiger partial charge in [-0.25, -0.2) is 4.98 Å². The molecule has 5 aromatic rings. The van der Waals surface area contributed by atoms with E-state index in [1.807, 2.05) is 0 Å². The highest BCUT2D eigenvalue weighted by Gasteiger charge is 2.48. The first kappa shape index (κ1) is 38.2. The van der Waals surface area contributed by atoms with E-state index in [1.165, 1.54) is 104 Å². The van der Waals surface area contributed by atoms with Crippen LogP contribution in [-0.4, -0.2) is 11.7 Å².